The molecule has 0 spiro atoms. The van der Waals surface area contributed by atoms with Gasteiger partial charge in [0.2, 0.25) is 0 Å². The van der Waals surface area contributed by atoms with E-state index in [2.05, 4.69) is 33.9 Å². The second kappa shape index (κ2) is 10.3. The first-order chi connectivity index (χ1) is 16.4. The van der Waals surface area contributed by atoms with E-state index in [0.29, 0.717) is 18.1 Å². The first-order valence-corrected chi connectivity index (χ1v) is 15.3. The highest BCUT2D eigenvalue weighted by Crippen LogP contribution is 2.58. The topological polar surface area (TPSA) is 80.3 Å². The van der Waals surface area contributed by atoms with Crippen LogP contribution in [0.2, 0.25) is 18.1 Å². The Kier molecular flexibility index (Phi) is 8.06. The number of para-hydroxylation sites is 1. The zero-order valence-corrected chi connectivity index (χ0v) is 23.3. The molecule has 0 fully saturated rings. The van der Waals surface area contributed by atoms with Gasteiger partial charge in [-0.3, -0.25) is 9.59 Å². The molecule has 0 amide bonds. The quantitative estimate of drug-likeness (QED) is 0.260. The molecule has 0 saturated carbocycles. The highest BCUT2D eigenvalue weighted by molar-refractivity contribution is 6.74. The summed E-state index contributed by atoms with van der Waals surface area (Å²) in [6.45, 7) is 15.1. The molecule has 3 rings (SSSR count). The first-order valence-electron chi connectivity index (χ1n) is 12.4. The van der Waals surface area contributed by atoms with Crippen LogP contribution in [0.5, 0.6) is 11.5 Å². The lowest BCUT2D eigenvalue weighted by Crippen LogP contribution is -2.57. The SMILES string of the molecule is CCOC(=O)C[C@@H]1C=C[C@H](O[Si](C)(C)C(C)(C)C)[C@@H]2Oc3c(OC)cccc3[C@]12CC(=O)OCC. The molecule has 0 unspecified atom stereocenters. The smallest absolute Gasteiger partial charge is 0.306 e. The molecule has 1 aromatic rings. The Bertz CT molecular complexity index is 965. The standard InChI is InChI=1S/C27H40O7Si/c1-9-31-22(28)16-18-14-15-21(34-35(7,8)26(3,4)5)25-27(18,17-23(29)32-10-2)19-12-11-13-20(30-6)24(19)33-25/h11-15,18,21,25H,9-10,16-17H2,1-8H3/t18-,21-,25-,27-/m0/s1. The minimum Gasteiger partial charge on any atom is -0.493 e. The maximum atomic E-state index is 13.0. The van der Waals surface area contributed by atoms with Gasteiger partial charge in [0.15, 0.2) is 19.8 Å². The van der Waals surface area contributed by atoms with Crippen LogP contribution in [0.4, 0.5) is 0 Å². The Morgan fingerprint density at radius 1 is 1.06 bits per heavy atom. The number of methoxy groups -OCH3 is 1. The van der Waals surface area contributed by atoms with Crippen LogP contribution < -0.4 is 9.47 Å². The highest BCUT2D eigenvalue weighted by atomic mass is 28.4. The predicted molar refractivity (Wildman–Crippen MR) is 136 cm³/mol. The van der Waals surface area contributed by atoms with Crippen molar-refractivity contribution in [1.82, 2.24) is 0 Å². The Morgan fingerprint density at radius 2 is 1.71 bits per heavy atom. The molecule has 4 atom stereocenters. The van der Waals surface area contributed by atoms with Gasteiger partial charge in [-0.2, -0.15) is 0 Å². The number of benzene rings is 1. The molecule has 7 nitrogen and oxygen atoms in total. The number of hydrogen-bond acceptors (Lipinski definition) is 7. The van der Waals surface area contributed by atoms with E-state index in [9.17, 15) is 9.59 Å². The van der Waals surface area contributed by atoms with Gasteiger partial charge in [-0.1, -0.05) is 45.1 Å². The fraction of sp³-hybridized carbons (Fsp3) is 0.630. The van der Waals surface area contributed by atoms with Crippen molar-refractivity contribution in [3.05, 3.63) is 35.9 Å². The van der Waals surface area contributed by atoms with Gasteiger partial charge in [0.05, 0.1) is 38.6 Å². The van der Waals surface area contributed by atoms with Crippen molar-refractivity contribution >= 4 is 20.3 Å². The molecule has 194 valence electrons. The molecule has 0 bridgehead atoms. The summed E-state index contributed by atoms with van der Waals surface area (Å²) in [6, 6.07) is 5.68. The predicted octanol–water partition coefficient (Wildman–Crippen LogP) is 5.18. The maximum Gasteiger partial charge on any atom is 0.306 e. The Labute approximate surface area is 210 Å². The molecular formula is C27H40O7Si. The fourth-order valence-electron chi connectivity index (χ4n) is 4.88. The number of carbonyl (C=O) groups excluding carboxylic acids is 2. The van der Waals surface area contributed by atoms with Crippen molar-refractivity contribution in [2.24, 2.45) is 5.92 Å². The van der Waals surface area contributed by atoms with Gasteiger partial charge >= 0.3 is 11.9 Å². The maximum absolute atomic E-state index is 13.0. The number of ether oxygens (including phenoxy) is 4. The highest BCUT2D eigenvalue weighted by Gasteiger charge is 2.61. The summed E-state index contributed by atoms with van der Waals surface area (Å²) in [5.74, 6) is 0.173. The molecule has 0 saturated heterocycles. The lowest BCUT2D eigenvalue weighted by atomic mass is 9.61. The Hall–Kier alpha value is -2.32. The molecule has 1 aliphatic heterocycles. The normalized spacial score (nSPS) is 25.3. The Morgan fingerprint density at radius 3 is 2.31 bits per heavy atom. The van der Waals surface area contributed by atoms with E-state index in [1.54, 1.807) is 21.0 Å². The third-order valence-electron chi connectivity index (χ3n) is 7.62. The number of allylic oxidation sites excluding steroid dienone is 1. The molecule has 0 aromatic heterocycles. The van der Waals surface area contributed by atoms with Crippen LogP contribution in [0, 0.1) is 5.92 Å². The summed E-state index contributed by atoms with van der Waals surface area (Å²) in [5, 5.41) is -0.0183. The Balaban J connectivity index is 2.18. The largest absolute Gasteiger partial charge is 0.493 e. The second-order valence-electron chi connectivity index (χ2n) is 10.7. The summed E-state index contributed by atoms with van der Waals surface area (Å²) >= 11 is 0. The fourth-order valence-corrected chi connectivity index (χ4v) is 6.12. The molecule has 1 heterocycles. The van der Waals surface area contributed by atoms with Crippen LogP contribution in [-0.4, -0.2) is 52.8 Å². The van der Waals surface area contributed by atoms with Gasteiger partial charge in [-0.25, -0.2) is 0 Å². The van der Waals surface area contributed by atoms with Gasteiger partial charge in [0.1, 0.15) is 12.2 Å². The number of carbonyl (C=O) groups is 2. The van der Waals surface area contributed by atoms with E-state index in [-0.39, 0.29) is 42.3 Å². The van der Waals surface area contributed by atoms with Gasteiger partial charge in [-0.15, -0.1) is 0 Å². The van der Waals surface area contributed by atoms with Gasteiger partial charge in [0, 0.05) is 11.5 Å². The van der Waals surface area contributed by atoms with Crippen molar-refractivity contribution < 1.29 is 33.0 Å². The monoisotopic (exact) mass is 504 g/mol. The molecule has 1 aliphatic carbocycles. The van der Waals surface area contributed by atoms with E-state index < -0.39 is 25.9 Å². The summed E-state index contributed by atoms with van der Waals surface area (Å²) in [4.78, 5) is 25.7. The minimum atomic E-state index is -2.20. The van der Waals surface area contributed by atoms with Crippen molar-refractivity contribution in [3.63, 3.8) is 0 Å². The van der Waals surface area contributed by atoms with Crippen LogP contribution >= 0.6 is 0 Å². The summed E-state index contributed by atoms with van der Waals surface area (Å²) in [5.41, 5.74) is -0.0395. The van der Waals surface area contributed by atoms with E-state index in [1.807, 2.05) is 30.4 Å². The van der Waals surface area contributed by atoms with E-state index in [1.165, 1.54) is 0 Å². The van der Waals surface area contributed by atoms with Crippen LogP contribution in [0.15, 0.2) is 30.4 Å². The van der Waals surface area contributed by atoms with Crippen LogP contribution in [0.3, 0.4) is 0 Å². The summed E-state index contributed by atoms with van der Waals surface area (Å²) < 4.78 is 29.8. The molecule has 35 heavy (non-hydrogen) atoms. The van der Waals surface area contributed by atoms with Crippen LogP contribution in [-0.2, 0) is 28.9 Å². The van der Waals surface area contributed by atoms with Crippen LogP contribution in [0.1, 0.15) is 53.0 Å². The van der Waals surface area contributed by atoms with E-state index >= 15 is 0 Å². The minimum absolute atomic E-state index is 0.0183. The van der Waals surface area contributed by atoms with Crippen molar-refractivity contribution in [2.45, 2.75) is 83.2 Å². The molecule has 0 radical (unpaired) electrons. The molecule has 2 aliphatic rings. The number of hydrogen-bond donors (Lipinski definition) is 0. The van der Waals surface area contributed by atoms with Crippen molar-refractivity contribution in [1.29, 1.82) is 0 Å². The molecular weight excluding hydrogens is 464 g/mol. The number of fused-ring (bicyclic) bond motifs is 3. The van der Waals surface area contributed by atoms with Crippen molar-refractivity contribution in [2.75, 3.05) is 20.3 Å². The second-order valence-corrected chi connectivity index (χ2v) is 15.5. The molecule has 0 N–H and O–H groups in total. The molecule has 1 aromatic carbocycles. The lowest BCUT2D eigenvalue weighted by molar-refractivity contribution is -0.150. The van der Waals surface area contributed by atoms with Crippen LogP contribution in [0.25, 0.3) is 0 Å². The van der Waals surface area contributed by atoms with Gasteiger partial charge in [0.25, 0.3) is 0 Å². The third kappa shape index (κ3) is 5.14. The average Bonchev–Trinajstić information content (AvgIpc) is 3.10. The third-order valence-corrected chi connectivity index (χ3v) is 12.1. The zero-order chi connectivity index (χ0) is 26.0. The summed E-state index contributed by atoms with van der Waals surface area (Å²) in [7, 11) is -0.608. The zero-order valence-electron chi connectivity index (χ0n) is 22.3. The number of esters is 2. The summed E-state index contributed by atoms with van der Waals surface area (Å²) in [6.07, 6.45) is 3.24. The molecule has 8 heteroatoms. The van der Waals surface area contributed by atoms with Crippen molar-refractivity contribution in [3.8, 4) is 11.5 Å². The van der Waals surface area contributed by atoms with Gasteiger partial charge in [-0.05, 0) is 38.0 Å². The first kappa shape index (κ1) is 27.3. The van der Waals surface area contributed by atoms with Gasteiger partial charge < -0.3 is 23.4 Å². The lowest BCUT2D eigenvalue weighted by Gasteiger charge is -2.47. The number of rotatable bonds is 9. The van der Waals surface area contributed by atoms with E-state index in [4.69, 9.17) is 23.4 Å². The van der Waals surface area contributed by atoms with E-state index in [0.717, 1.165) is 5.56 Å². The average molecular weight is 505 g/mol.